The van der Waals surface area contributed by atoms with Crippen molar-refractivity contribution in [3.8, 4) is 0 Å². The van der Waals surface area contributed by atoms with Gasteiger partial charge in [0.2, 0.25) is 5.95 Å². The Bertz CT molecular complexity index is 1470. The molecule has 0 radical (unpaired) electrons. The van der Waals surface area contributed by atoms with Gasteiger partial charge in [-0.25, -0.2) is 4.79 Å². The van der Waals surface area contributed by atoms with Crippen molar-refractivity contribution in [2.24, 2.45) is 21.1 Å². The predicted molar refractivity (Wildman–Crippen MR) is 125 cm³/mol. The van der Waals surface area contributed by atoms with E-state index in [0.29, 0.717) is 48.1 Å². The van der Waals surface area contributed by atoms with Crippen LogP contribution in [-0.4, -0.2) is 47.6 Å². The van der Waals surface area contributed by atoms with Crippen molar-refractivity contribution in [3.63, 3.8) is 0 Å². The number of nitrogens with zero attached hydrogens (tertiary/aromatic N) is 6. The summed E-state index contributed by atoms with van der Waals surface area (Å²) in [6.45, 7) is 1.44. The highest BCUT2D eigenvalue weighted by molar-refractivity contribution is 6.31. The maximum Gasteiger partial charge on any atom is 0.332 e. The summed E-state index contributed by atoms with van der Waals surface area (Å²) in [6, 6.07) is 7.56. The number of anilines is 1. The van der Waals surface area contributed by atoms with E-state index >= 15 is 0 Å². The molecule has 5 rings (SSSR count). The predicted octanol–water partition coefficient (Wildman–Crippen LogP) is 1.59. The molecule has 0 spiro atoms. The molecule has 0 amide bonds. The summed E-state index contributed by atoms with van der Waals surface area (Å²) in [7, 11) is 5.34. The number of aliphatic hydroxyl groups is 1. The lowest BCUT2D eigenvalue weighted by molar-refractivity contribution is 0.145. The number of aryl methyl sites for hydroxylation is 3. The fourth-order valence-corrected chi connectivity index (χ4v) is 4.79. The first kappa shape index (κ1) is 20.8. The van der Waals surface area contributed by atoms with E-state index in [1.807, 2.05) is 35.9 Å². The van der Waals surface area contributed by atoms with Crippen molar-refractivity contribution in [1.82, 2.24) is 23.3 Å². The van der Waals surface area contributed by atoms with Crippen molar-refractivity contribution < 1.29 is 5.11 Å². The summed E-state index contributed by atoms with van der Waals surface area (Å²) in [5.74, 6) is 0.635. The van der Waals surface area contributed by atoms with Crippen LogP contribution in [0.1, 0.15) is 18.5 Å². The first-order valence-corrected chi connectivity index (χ1v) is 11.0. The summed E-state index contributed by atoms with van der Waals surface area (Å²) in [6.07, 6.45) is 0.993. The molecular weight excluding hydrogens is 432 g/mol. The second-order valence-electron chi connectivity index (χ2n) is 8.49. The van der Waals surface area contributed by atoms with Gasteiger partial charge in [-0.05, 0) is 37.1 Å². The van der Waals surface area contributed by atoms with E-state index < -0.39 is 5.69 Å². The number of hydrogen-bond donors (Lipinski definition) is 1. The molecule has 168 valence electrons. The van der Waals surface area contributed by atoms with Gasteiger partial charge in [0.25, 0.3) is 5.56 Å². The number of imidazole rings is 1. The van der Waals surface area contributed by atoms with E-state index in [1.54, 1.807) is 18.7 Å². The number of fused-ring (bicyclic) bond motifs is 2. The highest BCUT2D eigenvalue weighted by Crippen LogP contribution is 2.24. The summed E-state index contributed by atoms with van der Waals surface area (Å²) in [5, 5.41) is 11.4. The number of hydrogen-bond acceptors (Lipinski definition) is 5. The average molecular weight is 457 g/mol. The summed E-state index contributed by atoms with van der Waals surface area (Å²) in [5.41, 5.74) is 1.77. The molecule has 0 aliphatic carbocycles. The number of halogens is 1. The Balaban J connectivity index is 1.63. The lowest BCUT2D eigenvalue weighted by Gasteiger charge is -2.30. The van der Waals surface area contributed by atoms with Crippen LogP contribution < -0.4 is 16.1 Å². The molecular formula is C22H25ClN6O3. The minimum Gasteiger partial charge on any atom is -0.393 e. The third kappa shape index (κ3) is 3.15. The Morgan fingerprint density at radius 3 is 2.50 bits per heavy atom. The topological polar surface area (TPSA) is 90.2 Å². The van der Waals surface area contributed by atoms with Crippen LogP contribution in [0.5, 0.6) is 0 Å². The molecule has 4 heterocycles. The lowest BCUT2D eigenvalue weighted by Crippen LogP contribution is -2.40. The normalized spacial score (nSPS) is 15.3. The molecule has 1 fully saturated rings. The maximum atomic E-state index is 13.5. The third-order valence-corrected chi connectivity index (χ3v) is 6.74. The zero-order chi connectivity index (χ0) is 22.7. The first-order valence-electron chi connectivity index (χ1n) is 10.6. The molecule has 1 N–H and O–H groups in total. The van der Waals surface area contributed by atoms with Crippen LogP contribution in [0.15, 0.2) is 33.9 Å². The van der Waals surface area contributed by atoms with Gasteiger partial charge in [-0.15, -0.1) is 0 Å². The van der Waals surface area contributed by atoms with Crippen LogP contribution in [0.2, 0.25) is 5.02 Å². The van der Waals surface area contributed by atoms with Crippen molar-refractivity contribution in [2.45, 2.75) is 25.5 Å². The number of benzene rings is 1. The molecule has 0 unspecified atom stereocenters. The van der Waals surface area contributed by atoms with E-state index in [0.717, 1.165) is 16.6 Å². The fraction of sp³-hybridized carbons (Fsp3) is 0.409. The summed E-state index contributed by atoms with van der Waals surface area (Å²) in [4.78, 5) is 33.3. The van der Waals surface area contributed by atoms with Gasteiger partial charge in [0.15, 0.2) is 11.2 Å². The Labute approximate surface area is 188 Å². The Morgan fingerprint density at radius 2 is 1.78 bits per heavy atom. The van der Waals surface area contributed by atoms with Gasteiger partial charge in [0.05, 0.1) is 12.6 Å². The van der Waals surface area contributed by atoms with Crippen molar-refractivity contribution in [3.05, 3.63) is 55.8 Å². The van der Waals surface area contributed by atoms with Gasteiger partial charge in [-0.1, -0.05) is 11.6 Å². The summed E-state index contributed by atoms with van der Waals surface area (Å²) < 4.78 is 6.41. The fourth-order valence-electron chi connectivity index (χ4n) is 4.61. The van der Waals surface area contributed by atoms with Gasteiger partial charge >= 0.3 is 5.69 Å². The maximum absolute atomic E-state index is 13.5. The molecule has 0 bridgehead atoms. The minimum absolute atomic E-state index is 0.140. The van der Waals surface area contributed by atoms with Crippen molar-refractivity contribution >= 4 is 39.6 Å². The molecule has 3 aromatic heterocycles. The minimum atomic E-state index is -0.412. The van der Waals surface area contributed by atoms with Crippen LogP contribution in [0.25, 0.3) is 22.1 Å². The zero-order valence-corrected chi connectivity index (χ0v) is 19.0. The second-order valence-corrected chi connectivity index (χ2v) is 8.93. The van der Waals surface area contributed by atoms with Crippen molar-refractivity contribution in [1.29, 1.82) is 0 Å². The van der Waals surface area contributed by atoms with Crippen LogP contribution in [-0.2, 0) is 27.7 Å². The van der Waals surface area contributed by atoms with Gasteiger partial charge in [-0.3, -0.25) is 13.9 Å². The number of piperidine rings is 1. The number of aromatic nitrogens is 5. The second kappa shape index (κ2) is 7.53. The molecule has 1 aromatic carbocycles. The number of rotatable bonds is 3. The highest BCUT2D eigenvalue weighted by Gasteiger charge is 2.25. The lowest BCUT2D eigenvalue weighted by atomic mass is 10.1. The highest BCUT2D eigenvalue weighted by atomic mass is 35.5. The molecule has 32 heavy (non-hydrogen) atoms. The van der Waals surface area contributed by atoms with E-state index in [9.17, 15) is 14.7 Å². The smallest absolute Gasteiger partial charge is 0.332 e. The molecule has 4 aromatic rings. The average Bonchev–Trinajstić information content (AvgIpc) is 3.27. The molecule has 0 saturated carbocycles. The number of aliphatic hydroxyl groups excluding tert-OH is 1. The SMILES string of the molecule is Cn1c(Cn2c(=O)c3c(nc(N4CCC(O)CC4)n3C)n(C)c2=O)cc2cc(Cl)ccc21. The van der Waals surface area contributed by atoms with Gasteiger partial charge in [0.1, 0.15) is 0 Å². The molecule has 10 heteroatoms. The van der Waals surface area contributed by atoms with Gasteiger partial charge in [-0.2, -0.15) is 4.98 Å². The zero-order valence-electron chi connectivity index (χ0n) is 18.2. The van der Waals surface area contributed by atoms with Crippen LogP contribution in [0, 0.1) is 0 Å². The molecule has 1 aliphatic heterocycles. The molecule has 9 nitrogen and oxygen atoms in total. The van der Waals surface area contributed by atoms with E-state index in [1.165, 1.54) is 9.13 Å². The van der Waals surface area contributed by atoms with E-state index in [2.05, 4.69) is 9.88 Å². The van der Waals surface area contributed by atoms with E-state index in [4.69, 9.17) is 11.6 Å². The van der Waals surface area contributed by atoms with Gasteiger partial charge in [0, 0.05) is 55.9 Å². The quantitative estimate of drug-likeness (QED) is 0.505. The van der Waals surface area contributed by atoms with E-state index in [-0.39, 0.29) is 18.2 Å². The van der Waals surface area contributed by atoms with Crippen LogP contribution in [0.4, 0.5) is 5.95 Å². The van der Waals surface area contributed by atoms with Crippen LogP contribution in [0.3, 0.4) is 0 Å². The Hall–Kier alpha value is -3.04. The Kier molecular flexibility index (Phi) is 4.90. The van der Waals surface area contributed by atoms with Gasteiger partial charge < -0.3 is 19.1 Å². The first-order chi connectivity index (χ1) is 15.3. The molecule has 1 aliphatic rings. The largest absolute Gasteiger partial charge is 0.393 e. The third-order valence-electron chi connectivity index (χ3n) is 6.51. The molecule has 0 atom stereocenters. The van der Waals surface area contributed by atoms with Crippen LogP contribution >= 0.6 is 11.6 Å². The monoisotopic (exact) mass is 456 g/mol. The van der Waals surface area contributed by atoms with Crippen molar-refractivity contribution in [2.75, 3.05) is 18.0 Å². The molecule has 1 saturated heterocycles. The summed E-state index contributed by atoms with van der Waals surface area (Å²) >= 11 is 6.12. The standard InChI is InChI=1S/C22H25ClN6O3/c1-25-15(11-13-10-14(23)4-5-17(13)25)12-29-20(31)18-19(27(3)22(29)32)24-21(26(18)2)28-8-6-16(30)7-9-28/h4-5,10-11,16,30H,6-9,12H2,1-3H3. The Morgan fingerprint density at radius 1 is 1.06 bits per heavy atom.